The highest BCUT2D eigenvalue weighted by Crippen LogP contribution is 2.42. The third-order valence-electron chi connectivity index (χ3n) is 7.72. The molecule has 1 atom stereocenters. The summed E-state index contributed by atoms with van der Waals surface area (Å²) in [6, 6.07) is 15.3. The van der Waals surface area contributed by atoms with Crippen molar-refractivity contribution in [3.63, 3.8) is 0 Å². The standard InChI is InChI=1S/C33H36N2O4/c1-18(2)14-16-24-26(20-10-6-8-12-22(20)34-24)28-30(36)31(37)29(33(39-5)32(28)38)27-21-11-7-9-13-23(21)35-25(27)17-15-19(3)4/h6-13,18-19,28,34-35H,14-17H2,1-5H3. The van der Waals surface area contributed by atoms with Crippen LogP contribution in [0.15, 0.2) is 54.3 Å². The van der Waals surface area contributed by atoms with Gasteiger partial charge in [0.2, 0.25) is 17.3 Å². The highest BCUT2D eigenvalue weighted by atomic mass is 16.5. The van der Waals surface area contributed by atoms with Gasteiger partial charge < -0.3 is 14.7 Å². The van der Waals surface area contributed by atoms with Crippen molar-refractivity contribution in [2.24, 2.45) is 11.8 Å². The zero-order valence-electron chi connectivity index (χ0n) is 23.3. The Morgan fingerprint density at radius 3 is 1.90 bits per heavy atom. The first-order valence-electron chi connectivity index (χ1n) is 13.8. The second-order valence-electron chi connectivity index (χ2n) is 11.4. The first-order chi connectivity index (χ1) is 18.7. The molecule has 39 heavy (non-hydrogen) atoms. The van der Waals surface area contributed by atoms with E-state index in [1.807, 2.05) is 48.5 Å². The van der Waals surface area contributed by atoms with Gasteiger partial charge in [-0.25, -0.2) is 0 Å². The minimum Gasteiger partial charge on any atom is -0.492 e. The number of carbonyl (C=O) groups excluding carboxylic acids is 3. The second-order valence-corrected chi connectivity index (χ2v) is 11.4. The Bertz CT molecular complexity index is 1620. The highest BCUT2D eigenvalue weighted by Gasteiger charge is 2.47. The zero-order chi connectivity index (χ0) is 27.8. The average molecular weight is 525 g/mol. The molecule has 5 rings (SSSR count). The van der Waals surface area contributed by atoms with Crippen molar-refractivity contribution in [1.29, 1.82) is 0 Å². The molecule has 0 bridgehead atoms. The van der Waals surface area contributed by atoms with E-state index in [1.165, 1.54) is 7.11 Å². The van der Waals surface area contributed by atoms with Gasteiger partial charge in [0.05, 0.1) is 12.7 Å². The van der Waals surface area contributed by atoms with E-state index in [2.05, 4.69) is 37.7 Å². The minimum absolute atomic E-state index is 0.0414. The predicted octanol–water partition coefficient (Wildman–Crippen LogP) is 6.69. The number of Topliss-reactive ketones (excluding diaryl/α,β-unsaturated/α-hetero) is 3. The molecule has 6 nitrogen and oxygen atoms in total. The topological polar surface area (TPSA) is 92.0 Å². The lowest BCUT2D eigenvalue weighted by atomic mass is 9.76. The van der Waals surface area contributed by atoms with Crippen LogP contribution in [-0.4, -0.2) is 34.4 Å². The van der Waals surface area contributed by atoms with Gasteiger partial charge in [-0.3, -0.25) is 14.4 Å². The van der Waals surface area contributed by atoms with Crippen molar-refractivity contribution in [1.82, 2.24) is 9.97 Å². The lowest BCUT2D eigenvalue weighted by Crippen LogP contribution is -2.37. The van der Waals surface area contributed by atoms with E-state index >= 15 is 0 Å². The number of hydrogen-bond donors (Lipinski definition) is 2. The number of carbonyl (C=O) groups is 3. The van der Waals surface area contributed by atoms with Crippen LogP contribution < -0.4 is 0 Å². The monoisotopic (exact) mass is 524 g/mol. The molecular weight excluding hydrogens is 488 g/mol. The molecule has 0 amide bonds. The summed E-state index contributed by atoms with van der Waals surface area (Å²) in [5, 5.41) is 1.59. The van der Waals surface area contributed by atoms with Gasteiger partial charge in [-0.2, -0.15) is 0 Å². The SMILES string of the molecule is COC1=C(c2c(CCC(C)C)[nH]c3ccccc23)C(=O)C(=O)C(c2c(CCC(C)C)[nH]c3ccccc23)C1=O. The Hall–Kier alpha value is -3.93. The summed E-state index contributed by atoms with van der Waals surface area (Å²) in [6.07, 6.45) is 3.13. The summed E-state index contributed by atoms with van der Waals surface area (Å²) in [7, 11) is 1.41. The molecule has 2 aromatic heterocycles. The van der Waals surface area contributed by atoms with E-state index in [1.54, 1.807) is 0 Å². The van der Waals surface area contributed by atoms with Crippen molar-refractivity contribution in [2.75, 3.05) is 7.11 Å². The van der Waals surface area contributed by atoms with Crippen LogP contribution in [0.2, 0.25) is 0 Å². The van der Waals surface area contributed by atoms with E-state index < -0.39 is 23.3 Å². The van der Waals surface area contributed by atoms with Gasteiger partial charge in [0, 0.05) is 38.8 Å². The van der Waals surface area contributed by atoms with Crippen molar-refractivity contribution in [2.45, 2.75) is 59.3 Å². The quantitative estimate of drug-likeness (QED) is 0.188. The van der Waals surface area contributed by atoms with Gasteiger partial charge in [0.15, 0.2) is 5.76 Å². The summed E-state index contributed by atoms with van der Waals surface area (Å²) in [4.78, 5) is 49.0. The maximum absolute atomic E-state index is 14.2. The fourth-order valence-corrected chi connectivity index (χ4v) is 5.71. The molecule has 202 valence electrons. The molecule has 1 unspecified atom stereocenters. The molecule has 0 aliphatic heterocycles. The lowest BCUT2D eigenvalue weighted by molar-refractivity contribution is -0.138. The summed E-state index contributed by atoms with van der Waals surface area (Å²) in [5.41, 5.74) is 4.65. The fourth-order valence-electron chi connectivity index (χ4n) is 5.71. The van der Waals surface area contributed by atoms with Crippen molar-refractivity contribution >= 4 is 44.7 Å². The molecular formula is C33H36N2O4. The van der Waals surface area contributed by atoms with Crippen LogP contribution >= 0.6 is 0 Å². The Labute approximate surface area is 228 Å². The highest BCUT2D eigenvalue weighted by molar-refractivity contribution is 6.62. The molecule has 0 saturated heterocycles. The molecule has 6 heteroatoms. The number of methoxy groups -OCH3 is 1. The molecule has 2 heterocycles. The number of nitrogens with one attached hydrogen (secondary N) is 2. The van der Waals surface area contributed by atoms with Gasteiger partial charge in [-0.1, -0.05) is 64.1 Å². The van der Waals surface area contributed by atoms with E-state index in [0.717, 1.165) is 46.0 Å². The van der Waals surface area contributed by atoms with E-state index in [4.69, 9.17) is 4.74 Å². The Morgan fingerprint density at radius 1 is 0.744 bits per heavy atom. The Kier molecular flexibility index (Phi) is 7.30. The van der Waals surface area contributed by atoms with Crippen molar-refractivity contribution < 1.29 is 19.1 Å². The first-order valence-corrected chi connectivity index (χ1v) is 13.8. The molecule has 0 fully saturated rings. The molecule has 0 spiro atoms. The maximum atomic E-state index is 14.2. The summed E-state index contributed by atoms with van der Waals surface area (Å²) in [6.45, 7) is 8.56. The number of para-hydroxylation sites is 2. The van der Waals surface area contributed by atoms with Crippen LogP contribution in [0.25, 0.3) is 27.4 Å². The normalized spacial score (nSPS) is 16.5. The number of aromatic amines is 2. The molecule has 1 aliphatic rings. The number of H-pyrrole nitrogens is 2. The van der Waals surface area contributed by atoms with Gasteiger partial charge >= 0.3 is 0 Å². The van der Waals surface area contributed by atoms with E-state index in [0.29, 0.717) is 35.8 Å². The van der Waals surface area contributed by atoms with Crippen LogP contribution in [0.5, 0.6) is 0 Å². The Morgan fingerprint density at radius 2 is 1.28 bits per heavy atom. The average Bonchev–Trinajstić information content (AvgIpc) is 3.46. The van der Waals surface area contributed by atoms with Crippen LogP contribution in [-0.2, 0) is 32.0 Å². The summed E-state index contributed by atoms with van der Waals surface area (Å²) >= 11 is 0. The summed E-state index contributed by atoms with van der Waals surface area (Å²) in [5.74, 6) is -2.23. The first kappa shape index (κ1) is 26.7. The number of aromatic nitrogens is 2. The molecule has 0 radical (unpaired) electrons. The predicted molar refractivity (Wildman–Crippen MR) is 155 cm³/mol. The van der Waals surface area contributed by atoms with Gasteiger partial charge in [-0.15, -0.1) is 0 Å². The van der Waals surface area contributed by atoms with E-state index in [9.17, 15) is 14.4 Å². The van der Waals surface area contributed by atoms with Crippen molar-refractivity contribution in [3.05, 3.63) is 76.8 Å². The number of aryl methyl sites for hydroxylation is 2. The van der Waals surface area contributed by atoms with Gasteiger partial charge in [0.25, 0.3) is 0 Å². The fraction of sp³-hybridized carbons (Fsp3) is 0.364. The second kappa shape index (κ2) is 10.7. The number of allylic oxidation sites excluding steroid dienone is 2. The lowest BCUT2D eigenvalue weighted by Gasteiger charge is -2.25. The van der Waals surface area contributed by atoms with Crippen LogP contribution in [0.1, 0.15) is 69.0 Å². The number of hydrogen-bond acceptors (Lipinski definition) is 4. The number of ketones is 3. The Balaban J connectivity index is 1.70. The third kappa shape index (κ3) is 4.73. The van der Waals surface area contributed by atoms with Crippen LogP contribution in [0, 0.1) is 11.8 Å². The number of ether oxygens (including phenoxy) is 1. The molecule has 2 N–H and O–H groups in total. The van der Waals surface area contributed by atoms with Gasteiger partial charge in [0.1, 0.15) is 5.92 Å². The van der Waals surface area contributed by atoms with E-state index in [-0.39, 0.29) is 11.3 Å². The minimum atomic E-state index is -1.24. The smallest absolute Gasteiger partial charge is 0.234 e. The number of fused-ring (bicyclic) bond motifs is 2. The maximum Gasteiger partial charge on any atom is 0.234 e. The van der Waals surface area contributed by atoms with Crippen LogP contribution in [0.3, 0.4) is 0 Å². The molecule has 4 aromatic rings. The zero-order valence-corrected chi connectivity index (χ0v) is 23.3. The number of benzene rings is 2. The van der Waals surface area contributed by atoms with Crippen LogP contribution in [0.4, 0.5) is 0 Å². The largest absolute Gasteiger partial charge is 0.492 e. The third-order valence-corrected chi connectivity index (χ3v) is 7.72. The molecule has 2 aromatic carbocycles. The molecule has 1 aliphatic carbocycles. The number of rotatable bonds is 9. The summed E-state index contributed by atoms with van der Waals surface area (Å²) < 4.78 is 5.70. The molecule has 0 saturated carbocycles. The van der Waals surface area contributed by atoms with Gasteiger partial charge in [-0.05, 0) is 55.2 Å². The van der Waals surface area contributed by atoms with Crippen molar-refractivity contribution in [3.8, 4) is 0 Å².